The third kappa shape index (κ3) is 7.02. The zero-order chi connectivity index (χ0) is 23.6. The number of aliphatic hydroxyl groups excluding tert-OH is 1. The lowest BCUT2D eigenvalue weighted by Crippen LogP contribution is -2.67. The van der Waals surface area contributed by atoms with E-state index < -0.39 is 14.4 Å². The van der Waals surface area contributed by atoms with Crippen LogP contribution in [-0.2, 0) is 13.9 Å². The van der Waals surface area contributed by atoms with Crippen LogP contribution in [-0.4, -0.2) is 45.6 Å². The first-order chi connectivity index (χ1) is 15.9. The van der Waals surface area contributed by atoms with Crippen LogP contribution in [0.2, 0.25) is 5.04 Å². The number of hydrogen-bond donors (Lipinski definition) is 1. The lowest BCUT2D eigenvalue weighted by molar-refractivity contribution is -0.161. The number of hydrogen-bond acceptors (Lipinski definition) is 4. The summed E-state index contributed by atoms with van der Waals surface area (Å²) in [6, 6.07) is 21.0. The van der Waals surface area contributed by atoms with E-state index in [1.54, 1.807) is 0 Å². The van der Waals surface area contributed by atoms with Gasteiger partial charge in [0, 0.05) is 19.4 Å². The normalized spacial score (nSPS) is 17.8. The van der Waals surface area contributed by atoms with E-state index in [9.17, 15) is 5.11 Å². The molecule has 0 bridgehead atoms. The van der Waals surface area contributed by atoms with Crippen LogP contribution in [0.25, 0.3) is 0 Å². The van der Waals surface area contributed by atoms with Gasteiger partial charge in [-0.25, -0.2) is 0 Å². The number of rotatable bonds is 9. The summed E-state index contributed by atoms with van der Waals surface area (Å²) in [6.45, 7) is 8.32. The maximum atomic E-state index is 10.7. The molecule has 178 valence electrons. The molecular formula is C28H38O4Si. The van der Waals surface area contributed by atoms with Crippen molar-refractivity contribution < 1.29 is 19.0 Å². The molecule has 0 spiro atoms. The summed E-state index contributed by atoms with van der Waals surface area (Å²) in [5.41, 5.74) is 0. The van der Waals surface area contributed by atoms with Crippen molar-refractivity contribution in [3.05, 3.63) is 60.7 Å². The number of ether oxygens (including phenoxy) is 2. The monoisotopic (exact) mass is 466 g/mol. The van der Waals surface area contributed by atoms with Crippen molar-refractivity contribution >= 4 is 18.7 Å². The zero-order valence-corrected chi connectivity index (χ0v) is 21.3. The molecular weight excluding hydrogens is 428 g/mol. The lowest BCUT2D eigenvalue weighted by atomic mass is 10.2. The van der Waals surface area contributed by atoms with Gasteiger partial charge in [0.2, 0.25) is 0 Å². The van der Waals surface area contributed by atoms with E-state index in [1.807, 2.05) is 12.1 Å². The van der Waals surface area contributed by atoms with Gasteiger partial charge in [-0.3, -0.25) is 0 Å². The summed E-state index contributed by atoms with van der Waals surface area (Å²) in [7, 11) is -2.63. The van der Waals surface area contributed by atoms with Crippen LogP contribution >= 0.6 is 0 Å². The first-order valence-electron chi connectivity index (χ1n) is 12.1. The van der Waals surface area contributed by atoms with Gasteiger partial charge in [-0.2, -0.15) is 0 Å². The molecule has 2 unspecified atom stereocenters. The van der Waals surface area contributed by atoms with Crippen LogP contribution in [0.15, 0.2) is 60.7 Å². The second-order valence-corrected chi connectivity index (χ2v) is 13.9. The Morgan fingerprint density at radius 1 is 1.00 bits per heavy atom. The largest absolute Gasteiger partial charge is 0.405 e. The van der Waals surface area contributed by atoms with Gasteiger partial charge in [0.25, 0.3) is 8.32 Å². The summed E-state index contributed by atoms with van der Waals surface area (Å²) in [5, 5.41) is 13.0. The summed E-state index contributed by atoms with van der Waals surface area (Å²) in [5.74, 6) is 6.20. The van der Waals surface area contributed by atoms with Gasteiger partial charge in [0.15, 0.2) is 6.29 Å². The number of benzene rings is 2. The fourth-order valence-electron chi connectivity index (χ4n) is 4.40. The fraction of sp³-hybridized carbons (Fsp3) is 0.500. The molecule has 5 heteroatoms. The molecule has 33 heavy (non-hydrogen) atoms. The maximum Gasteiger partial charge on any atom is 0.261 e. The van der Waals surface area contributed by atoms with E-state index in [-0.39, 0.29) is 17.9 Å². The Morgan fingerprint density at radius 2 is 1.64 bits per heavy atom. The van der Waals surface area contributed by atoms with Gasteiger partial charge in [0.05, 0.1) is 19.3 Å². The highest BCUT2D eigenvalue weighted by atomic mass is 28.4. The second kappa shape index (κ2) is 12.5. The molecule has 1 aliphatic heterocycles. The van der Waals surface area contributed by atoms with Crippen LogP contribution in [0.5, 0.6) is 0 Å². The molecule has 0 radical (unpaired) electrons. The van der Waals surface area contributed by atoms with Crippen LogP contribution in [0, 0.1) is 11.8 Å². The minimum Gasteiger partial charge on any atom is -0.405 e. The summed E-state index contributed by atoms with van der Waals surface area (Å²) in [4.78, 5) is 0. The van der Waals surface area contributed by atoms with E-state index in [4.69, 9.17) is 13.9 Å². The van der Waals surface area contributed by atoms with Gasteiger partial charge in [0.1, 0.15) is 0 Å². The predicted octanol–water partition coefficient (Wildman–Crippen LogP) is 4.25. The molecule has 2 atom stereocenters. The minimum atomic E-state index is -2.63. The second-order valence-electron chi connectivity index (χ2n) is 9.60. The predicted molar refractivity (Wildman–Crippen MR) is 136 cm³/mol. The zero-order valence-electron chi connectivity index (χ0n) is 20.3. The molecule has 1 N–H and O–H groups in total. The van der Waals surface area contributed by atoms with Gasteiger partial charge >= 0.3 is 0 Å². The van der Waals surface area contributed by atoms with E-state index in [0.717, 1.165) is 25.9 Å². The molecule has 1 fully saturated rings. The molecule has 1 aliphatic rings. The molecule has 3 rings (SSSR count). The van der Waals surface area contributed by atoms with Crippen molar-refractivity contribution in [1.82, 2.24) is 0 Å². The van der Waals surface area contributed by atoms with Crippen LogP contribution in [0.3, 0.4) is 0 Å². The molecule has 0 aromatic heterocycles. The Morgan fingerprint density at radius 3 is 2.18 bits per heavy atom. The Kier molecular flexibility index (Phi) is 9.73. The standard InChI is InChI=1S/C28H38O4Si/c1-28(2,3)33(25-16-8-4-9-17-25,26-18-10-5-11-19-26)32-23-24(29)15-7-6-13-21-30-27-20-12-14-22-31-27/h4-5,8-11,16-19,24,27,29H,12-15,20-23H2,1-3H3. The molecule has 0 saturated carbocycles. The van der Waals surface area contributed by atoms with Gasteiger partial charge in [-0.05, 0) is 34.7 Å². The van der Waals surface area contributed by atoms with Crippen molar-refractivity contribution in [2.24, 2.45) is 0 Å². The average Bonchev–Trinajstić information content (AvgIpc) is 2.83. The van der Waals surface area contributed by atoms with E-state index in [1.165, 1.54) is 10.4 Å². The highest BCUT2D eigenvalue weighted by molar-refractivity contribution is 6.99. The Labute approximate surface area is 200 Å². The van der Waals surface area contributed by atoms with Crippen molar-refractivity contribution in [3.63, 3.8) is 0 Å². The van der Waals surface area contributed by atoms with Crippen LogP contribution in [0.4, 0.5) is 0 Å². The van der Waals surface area contributed by atoms with Crippen molar-refractivity contribution in [2.75, 3.05) is 19.8 Å². The quantitative estimate of drug-likeness (QED) is 0.341. The van der Waals surface area contributed by atoms with Crippen LogP contribution < -0.4 is 10.4 Å². The van der Waals surface area contributed by atoms with E-state index >= 15 is 0 Å². The SMILES string of the molecule is CC(C)(C)[Si](OCC(O)CC#CCCOC1CCCCO1)(c1ccccc1)c1ccccc1. The Bertz CT molecular complexity index is 837. The molecule has 0 amide bonds. The summed E-state index contributed by atoms with van der Waals surface area (Å²) >= 11 is 0. The lowest BCUT2D eigenvalue weighted by Gasteiger charge is -2.43. The van der Waals surface area contributed by atoms with Crippen molar-refractivity contribution in [3.8, 4) is 11.8 Å². The Balaban J connectivity index is 1.62. The molecule has 4 nitrogen and oxygen atoms in total. The average molecular weight is 467 g/mol. The van der Waals surface area contributed by atoms with E-state index in [0.29, 0.717) is 19.4 Å². The summed E-state index contributed by atoms with van der Waals surface area (Å²) < 4.78 is 18.0. The smallest absolute Gasteiger partial charge is 0.261 e. The summed E-state index contributed by atoms with van der Waals surface area (Å²) in [6.07, 6.45) is 3.56. The highest BCUT2D eigenvalue weighted by Crippen LogP contribution is 2.36. The van der Waals surface area contributed by atoms with Crippen LogP contribution in [0.1, 0.15) is 52.9 Å². The molecule has 0 aliphatic carbocycles. The molecule has 1 saturated heterocycles. The third-order valence-corrected chi connectivity index (χ3v) is 11.0. The number of aliphatic hydroxyl groups is 1. The maximum absolute atomic E-state index is 10.7. The highest BCUT2D eigenvalue weighted by Gasteiger charge is 2.50. The van der Waals surface area contributed by atoms with Gasteiger partial charge in [-0.15, -0.1) is 11.8 Å². The van der Waals surface area contributed by atoms with Crippen molar-refractivity contribution in [2.45, 2.75) is 70.3 Å². The molecule has 1 heterocycles. The fourth-order valence-corrected chi connectivity index (χ4v) is 9.00. The van der Waals surface area contributed by atoms with Gasteiger partial charge in [-0.1, -0.05) is 81.4 Å². The van der Waals surface area contributed by atoms with Crippen molar-refractivity contribution in [1.29, 1.82) is 0 Å². The Hall–Kier alpha value is -1.94. The van der Waals surface area contributed by atoms with E-state index in [2.05, 4.69) is 81.1 Å². The topological polar surface area (TPSA) is 47.9 Å². The first-order valence-corrected chi connectivity index (χ1v) is 14.0. The third-order valence-electron chi connectivity index (χ3n) is 6.04. The molecule has 2 aromatic carbocycles. The van der Waals surface area contributed by atoms with Gasteiger partial charge < -0.3 is 19.0 Å². The minimum absolute atomic E-state index is 0.0778. The molecule has 2 aromatic rings. The first kappa shape index (κ1) is 25.7.